The Hall–Kier alpha value is -2.34. The van der Waals surface area contributed by atoms with E-state index < -0.39 is 12.7 Å². The minimum Gasteiger partial charge on any atom is -0.870 e. The highest BCUT2D eigenvalue weighted by molar-refractivity contribution is 5.83. The van der Waals surface area contributed by atoms with Gasteiger partial charge in [0.05, 0.1) is 5.56 Å². The predicted molar refractivity (Wildman–Crippen MR) is 79.2 cm³/mol. The van der Waals surface area contributed by atoms with Crippen molar-refractivity contribution in [3.05, 3.63) is 52.9 Å². The predicted octanol–water partition coefficient (Wildman–Crippen LogP) is 2.52. The highest BCUT2D eigenvalue weighted by Gasteiger charge is 2.25. The summed E-state index contributed by atoms with van der Waals surface area (Å²) < 4.78 is 44.2. The molecule has 6 heteroatoms. The Labute approximate surface area is 130 Å². The molecule has 0 fully saturated rings. The van der Waals surface area contributed by atoms with Crippen LogP contribution in [-0.4, -0.2) is 18.2 Å². The molecule has 23 heavy (non-hydrogen) atoms. The molecule has 1 unspecified atom stereocenters. The van der Waals surface area contributed by atoms with E-state index in [9.17, 15) is 13.2 Å². The van der Waals surface area contributed by atoms with Gasteiger partial charge in [0.2, 0.25) is 5.36 Å². The quantitative estimate of drug-likeness (QED) is 0.582. The van der Waals surface area contributed by atoms with E-state index in [2.05, 4.69) is 4.99 Å². The first-order valence-electron chi connectivity index (χ1n) is 6.91. The minimum atomic E-state index is -3.09. The second-order valence-corrected chi connectivity index (χ2v) is 5.34. The second kappa shape index (κ2) is 6.42. The van der Waals surface area contributed by atoms with Gasteiger partial charge in [-0.3, -0.25) is 0 Å². The summed E-state index contributed by atoms with van der Waals surface area (Å²) in [5.41, 5.74) is 3.01. The Morgan fingerprint density at radius 3 is 2.43 bits per heavy atom. The van der Waals surface area contributed by atoms with Crippen LogP contribution in [0.4, 0.5) is 13.2 Å². The van der Waals surface area contributed by atoms with E-state index in [-0.39, 0.29) is 5.48 Å². The monoisotopic (exact) mass is 323 g/mol. The highest BCUT2D eigenvalue weighted by Crippen LogP contribution is 2.26. The minimum absolute atomic E-state index is 0. The van der Waals surface area contributed by atoms with Crippen molar-refractivity contribution in [1.29, 1.82) is 0 Å². The van der Waals surface area contributed by atoms with Gasteiger partial charge in [-0.05, 0) is 44.2 Å². The van der Waals surface area contributed by atoms with Crippen LogP contribution in [-0.2, 0) is 0 Å². The number of hydrogen-bond donors (Lipinski definition) is 1. The lowest BCUT2D eigenvalue weighted by Crippen LogP contribution is -2.84. The molecule has 0 radical (unpaired) electrons. The third kappa shape index (κ3) is 3.22. The fourth-order valence-corrected chi connectivity index (χ4v) is 2.48. The van der Waals surface area contributed by atoms with Crippen molar-refractivity contribution in [2.24, 2.45) is 0 Å². The normalized spacial score (nSPS) is 13.6. The molecule has 0 bridgehead atoms. The van der Waals surface area contributed by atoms with E-state index in [0.29, 0.717) is 27.8 Å². The largest absolute Gasteiger partial charge is 0.870 e. The Balaban J connectivity index is 0.00000192. The molecule has 1 aliphatic heterocycles. The van der Waals surface area contributed by atoms with Crippen LogP contribution in [0, 0.1) is 13.8 Å². The van der Waals surface area contributed by atoms with E-state index >= 15 is 0 Å². The molecule has 3 rings (SSSR count). The van der Waals surface area contributed by atoms with E-state index in [1.807, 2.05) is 31.2 Å². The molecule has 0 aromatic heterocycles. The maximum absolute atomic E-state index is 13.4. The maximum atomic E-state index is 13.4. The molecule has 1 atom stereocenters. The van der Waals surface area contributed by atoms with Crippen LogP contribution >= 0.6 is 0 Å². The van der Waals surface area contributed by atoms with Crippen LogP contribution in [0.1, 0.15) is 11.1 Å². The summed E-state index contributed by atoms with van der Waals surface area (Å²) in [4.78, 5) is 2.26. The lowest BCUT2D eigenvalue weighted by molar-refractivity contribution is -0.589. The lowest BCUT2D eigenvalue weighted by atomic mass is 10.0. The van der Waals surface area contributed by atoms with Crippen molar-refractivity contribution in [3.8, 4) is 11.3 Å². The molecule has 1 aromatic carbocycles. The molecule has 3 nitrogen and oxygen atoms in total. The van der Waals surface area contributed by atoms with Gasteiger partial charge in [0.1, 0.15) is 11.3 Å². The first kappa shape index (κ1) is 17.0. The van der Waals surface area contributed by atoms with E-state index in [0.717, 1.165) is 10.9 Å². The molecule has 0 amide bonds. The Morgan fingerprint density at radius 2 is 1.74 bits per heavy atom. The van der Waals surface area contributed by atoms with Crippen LogP contribution < -0.4 is 10.3 Å². The zero-order valence-electron chi connectivity index (χ0n) is 12.6. The number of benzene rings is 2. The summed E-state index contributed by atoms with van der Waals surface area (Å²) >= 11 is 0. The number of aryl methyl sites for hydroxylation is 2. The molecular formula is C17H16F3NO2. The average Bonchev–Trinajstić information content (AvgIpc) is 2.48. The van der Waals surface area contributed by atoms with E-state index in [1.165, 1.54) is 0 Å². The fourth-order valence-electron chi connectivity index (χ4n) is 2.48. The molecule has 0 spiro atoms. The number of halogens is 3. The Bertz CT molecular complexity index is 873. The number of hydrogen-bond acceptors (Lipinski definition) is 2. The summed E-state index contributed by atoms with van der Waals surface area (Å²) in [6, 6.07) is 11.0. The van der Waals surface area contributed by atoms with Crippen LogP contribution in [0.2, 0.25) is 0 Å². The molecule has 2 N–H and O–H groups in total. The fraction of sp³-hybridized carbons (Fsp3) is 0.235. The first-order chi connectivity index (χ1) is 10.5. The van der Waals surface area contributed by atoms with Gasteiger partial charge in [-0.1, -0.05) is 11.6 Å². The van der Waals surface area contributed by atoms with Crippen LogP contribution in [0.25, 0.3) is 22.3 Å². The van der Waals surface area contributed by atoms with Gasteiger partial charge in [0.15, 0.2) is 0 Å². The summed E-state index contributed by atoms with van der Waals surface area (Å²) in [5, 5.41) is 1.17. The van der Waals surface area contributed by atoms with Crippen LogP contribution in [0.3, 0.4) is 0 Å². The summed E-state index contributed by atoms with van der Waals surface area (Å²) in [6.07, 6.45) is -5.51. The summed E-state index contributed by atoms with van der Waals surface area (Å²) in [5.74, 6) is 0.519. The number of fused-ring (bicyclic) bond motifs is 2. The standard InChI is InChI=1S/C17H14F3NO.H2O/c1-9-3-5-13-11(7-9)8-12-14(22-13)6-4-10(2)15(12)21-17(20)16(18)19;/h3-8,16-17H,1-2H3;1H2. The van der Waals surface area contributed by atoms with Crippen molar-refractivity contribution in [1.82, 2.24) is 0 Å². The lowest BCUT2D eigenvalue weighted by Gasteiger charge is -2.08. The van der Waals surface area contributed by atoms with Crippen molar-refractivity contribution < 1.29 is 28.1 Å². The summed E-state index contributed by atoms with van der Waals surface area (Å²) in [6.45, 7) is 3.69. The molecule has 122 valence electrons. The second-order valence-electron chi connectivity index (χ2n) is 5.34. The highest BCUT2D eigenvalue weighted by atomic mass is 19.3. The van der Waals surface area contributed by atoms with Gasteiger partial charge in [0, 0.05) is 10.9 Å². The van der Waals surface area contributed by atoms with E-state index in [4.69, 9.17) is 4.42 Å². The molecular weight excluding hydrogens is 307 g/mol. The van der Waals surface area contributed by atoms with Gasteiger partial charge in [-0.15, -0.1) is 0 Å². The molecule has 0 saturated carbocycles. The maximum Gasteiger partial charge on any atom is 0.353 e. The van der Waals surface area contributed by atoms with Gasteiger partial charge in [-0.2, -0.15) is 13.2 Å². The van der Waals surface area contributed by atoms with Gasteiger partial charge in [-0.25, -0.2) is 4.99 Å². The third-order valence-electron chi connectivity index (χ3n) is 3.60. The number of alkyl halides is 3. The molecule has 1 aromatic rings. The number of rotatable bonds is 2. The van der Waals surface area contributed by atoms with Crippen molar-refractivity contribution in [2.75, 3.05) is 0 Å². The topological polar surface area (TPSA) is 57.1 Å². The van der Waals surface area contributed by atoms with Crippen molar-refractivity contribution in [2.45, 2.75) is 26.6 Å². The molecule has 1 heterocycles. The van der Waals surface area contributed by atoms with E-state index in [1.54, 1.807) is 19.1 Å². The SMILES string of the molecule is Cc1ccc2oc3ccc(C)c(=[NH+]C(F)C(F)F)c-3cc2c1.[OH-]. The zero-order chi connectivity index (χ0) is 15.9. The smallest absolute Gasteiger partial charge is 0.353 e. The molecule has 2 aliphatic rings. The summed E-state index contributed by atoms with van der Waals surface area (Å²) in [7, 11) is 0. The zero-order valence-corrected chi connectivity index (χ0v) is 12.6. The third-order valence-corrected chi connectivity index (χ3v) is 3.60. The van der Waals surface area contributed by atoms with Gasteiger partial charge < -0.3 is 9.89 Å². The molecule has 1 aliphatic carbocycles. The average molecular weight is 323 g/mol. The first-order valence-corrected chi connectivity index (χ1v) is 6.91. The van der Waals surface area contributed by atoms with Crippen molar-refractivity contribution >= 4 is 11.0 Å². The van der Waals surface area contributed by atoms with Crippen molar-refractivity contribution in [3.63, 3.8) is 0 Å². The molecule has 0 saturated heterocycles. The van der Waals surface area contributed by atoms with Gasteiger partial charge in [0.25, 0.3) is 0 Å². The Kier molecular flexibility index (Phi) is 4.75. The Morgan fingerprint density at radius 1 is 1.00 bits per heavy atom. The van der Waals surface area contributed by atoms with Crippen LogP contribution in [0.15, 0.2) is 40.8 Å². The van der Waals surface area contributed by atoms with Crippen LogP contribution in [0.5, 0.6) is 0 Å². The van der Waals surface area contributed by atoms with Gasteiger partial charge >= 0.3 is 12.7 Å². The number of nitrogens with one attached hydrogen (secondary N) is 1.